The highest BCUT2D eigenvalue weighted by Crippen LogP contribution is 2.47. The van der Waals surface area contributed by atoms with Crippen molar-refractivity contribution in [1.29, 1.82) is 0 Å². The molecule has 0 spiro atoms. The summed E-state index contributed by atoms with van der Waals surface area (Å²) in [7, 11) is 0. The average Bonchev–Trinajstić information content (AvgIpc) is 3.13. The molecule has 0 radical (unpaired) electrons. The smallest absolute Gasteiger partial charge is 0.107 e. The summed E-state index contributed by atoms with van der Waals surface area (Å²) >= 11 is 0. The van der Waals surface area contributed by atoms with Gasteiger partial charge in [-0.1, -0.05) is 43.5 Å². The van der Waals surface area contributed by atoms with Gasteiger partial charge < -0.3 is 9.80 Å². The van der Waals surface area contributed by atoms with Crippen LogP contribution in [0, 0.1) is 18.7 Å². The Labute approximate surface area is 146 Å². The Morgan fingerprint density at radius 1 is 1.13 bits per heavy atom. The molecule has 2 heteroatoms. The van der Waals surface area contributed by atoms with Crippen molar-refractivity contribution >= 4 is 5.69 Å². The number of hydrogen-bond acceptors (Lipinski definition) is 2. The molecule has 3 aliphatic rings. The van der Waals surface area contributed by atoms with Crippen LogP contribution in [0.1, 0.15) is 56.9 Å². The summed E-state index contributed by atoms with van der Waals surface area (Å²) in [5.41, 5.74) is 3.72. The molecule has 1 saturated carbocycles. The number of benzene rings is 1. The topological polar surface area (TPSA) is 6.48 Å². The fourth-order valence-corrected chi connectivity index (χ4v) is 4.37. The van der Waals surface area contributed by atoms with E-state index in [9.17, 15) is 1.37 Å². The van der Waals surface area contributed by atoms with Crippen LogP contribution >= 0.6 is 0 Å². The molecule has 0 bridgehead atoms. The molecule has 2 atom stereocenters. The first-order valence-electron chi connectivity index (χ1n) is 10.8. The number of para-hydroxylation sites is 1. The zero-order valence-electron chi connectivity index (χ0n) is 18.0. The van der Waals surface area contributed by atoms with E-state index in [2.05, 4.69) is 0 Å². The summed E-state index contributed by atoms with van der Waals surface area (Å²) in [5, 5.41) is 0. The molecule has 2 unspecified atom stereocenters. The molecule has 1 aliphatic carbocycles. The Morgan fingerprint density at radius 3 is 2.65 bits per heavy atom. The normalized spacial score (nSPS) is 34.3. The molecule has 2 heterocycles. The van der Waals surface area contributed by atoms with Gasteiger partial charge in [-0.05, 0) is 51.1 Å². The second-order valence-corrected chi connectivity index (χ2v) is 6.98. The summed E-state index contributed by atoms with van der Waals surface area (Å²) in [4.78, 5) is 3.80. The maximum atomic E-state index is 9.34. The van der Waals surface area contributed by atoms with E-state index in [4.69, 9.17) is 4.11 Å². The number of nitrogens with zero attached hydrogens (tertiary/aromatic N) is 2. The first kappa shape index (κ1) is 11.0. The van der Waals surface area contributed by atoms with Gasteiger partial charge in [-0.25, -0.2) is 0 Å². The molecule has 1 aromatic rings. The minimum atomic E-state index is -2.19. The van der Waals surface area contributed by atoms with Gasteiger partial charge >= 0.3 is 0 Å². The van der Waals surface area contributed by atoms with Crippen LogP contribution in [-0.2, 0) is 0 Å². The summed E-state index contributed by atoms with van der Waals surface area (Å²) in [6, 6.07) is 7.92. The first-order valence-corrected chi connectivity index (χ1v) is 8.79. The maximum Gasteiger partial charge on any atom is 0.107 e. The number of hydrogen-bond donors (Lipinski definition) is 0. The van der Waals surface area contributed by atoms with Crippen molar-refractivity contribution < 1.29 is 5.48 Å². The van der Waals surface area contributed by atoms with E-state index in [1.807, 2.05) is 60.2 Å². The molecule has 2 nitrogen and oxygen atoms in total. The van der Waals surface area contributed by atoms with Crippen molar-refractivity contribution in [2.45, 2.75) is 59.0 Å². The molecular formula is C21H28N2. The quantitative estimate of drug-likeness (QED) is 0.719. The van der Waals surface area contributed by atoms with Crippen molar-refractivity contribution in [2.75, 3.05) is 4.90 Å². The maximum absolute atomic E-state index is 9.34. The van der Waals surface area contributed by atoms with E-state index < -0.39 is 18.9 Å². The van der Waals surface area contributed by atoms with E-state index >= 15 is 0 Å². The van der Waals surface area contributed by atoms with Gasteiger partial charge in [0, 0.05) is 34.7 Å². The van der Waals surface area contributed by atoms with E-state index in [0.29, 0.717) is 0 Å². The zero-order valence-corrected chi connectivity index (χ0v) is 14.0. The lowest BCUT2D eigenvalue weighted by Gasteiger charge is -2.30. The third-order valence-corrected chi connectivity index (χ3v) is 5.58. The lowest BCUT2D eigenvalue weighted by Crippen LogP contribution is -2.35. The third kappa shape index (κ3) is 2.31. The summed E-state index contributed by atoms with van der Waals surface area (Å²) in [5.74, 6) is -0.572. The van der Waals surface area contributed by atoms with Gasteiger partial charge in [0.05, 0.1) is 0 Å². The fourth-order valence-electron chi connectivity index (χ4n) is 4.37. The number of rotatable bonds is 2. The minimum absolute atomic E-state index is 0.256. The van der Waals surface area contributed by atoms with Crippen LogP contribution in [0.2, 0.25) is 0 Å². The van der Waals surface area contributed by atoms with Gasteiger partial charge in [-0.15, -0.1) is 0 Å². The first-order chi connectivity index (χ1) is 12.7. The second-order valence-electron chi connectivity index (χ2n) is 6.98. The molecule has 0 aromatic heterocycles. The van der Waals surface area contributed by atoms with Gasteiger partial charge in [0.1, 0.15) is 6.17 Å². The molecule has 122 valence electrons. The number of allylic oxidation sites excluding steroid dienone is 2. The van der Waals surface area contributed by atoms with E-state index in [1.165, 1.54) is 6.42 Å². The van der Waals surface area contributed by atoms with Gasteiger partial charge in [-0.3, -0.25) is 0 Å². The zero-order chi connectivity index (χ0) is 19.4. The predicted molar refractivity (Wildman–Crippen MR) is 96.9 cm³/mol. The Kier molecular flexibility index (Phi) is 2.73. The summed E-state index contributed by atoms with van der Waals surface area (Å²) in [6.07, 6.45) is 8.66. The molecular weight excluding hydrogens is 280 g/mol. The average molecular weight is 312 g/mol. The van der Waals surface area contributed by atoms with E-state index in [0.717, 1.165) is 48.3 Å². The molecule has 0 saturated heterocycles. The fraction of sp³-hybridized carbons (Fsp3) is 0.524. The highest BCUT2D eigenvalue weighted by atomic mass is 15.4. The van der Waals surface area contributed by atoms with Crippen LogP contribution in [0.4, 0.5) is 5.69 Å². The summed E-state index contributed by atoms with van der Waals surface area (Å²) in [6.45, 7) is 1.81. The lowest BCUT2D eigenvalue weighted by molar-refractivity contribution is 0.287. The molecule has 1 aromatic carbocycles. The standard InChI is InChI=1S/C21H28N2/c1-15-9-7-8-12-20(15)23-16(2)21-19(13-14-22(21)17(23)3)18-10-5-4-6-11-18/h7-9,12-14,17-19H,4-6,10-11H2,1-3H3/i3D3,19D. The van der Waals surface area contributed by atoms with Crippen LogP contribution < -0.4 is 4.90 Å². The van der Waals surface area contributed by atoms with Crippen LogP contribution in [-0.4, -0.2) is 11.1 Å². The Hall–Kier alpha value is -1.70. The highest BCUT2D eigenvalue weighted by Gasteiger charge is 2.41. The molecule has 1 fully saturated rings. The predicted octanol–water partition coefficient (Wildman–Crippen LogP) is 5.42. The molecule has 0 amide bonds. The Bertz CT molecular complexity index is 792. The minimum Gasteiger partial charge on any atom is -0.329 e. The van der Waals surface area contributed by atoms with E-state index in [1.54, 1.807) is 0 Å². The van der Waals surface area contributed by atoms with Gasteiger partial charge in [0.25, 0.3) is 0 Å². The molecule has 2 aliphatic heterocycles. The van der Waals surface area contributed by atoms with Gasteiger partial charge in [0.15, 0.2) is 0 Å². The van der Waals surface area contributed by atoms with Gasteiger partial charge in [-0.2, -0.15) is 0 Å². The van der Waals surface area contributed by atoms with Crippen molar-refractivity contribution in [3.8, 4) is 0 Å². The van der Waals surface area contributed by atoms with Gasteiger partial charge in [0.2, 0.25) is 0 Å². The largest absolute Gasteiger partial charge is 0.329 e. The van der Waals surface area contributed by atoms with Crippen molar-refractivity contribution in [3.05, 3.63) is 53.5 Å². The van der Waals surface area contributed by atoms with Crippen LogP contribution in [0.5, 0.6) is 0 Å². The third-order valence-electron chi connectivity index (χ3n) is 5.58. The number of anilines is 1. The number of aryl methyl sites for hydroxylation is 1. The van der Waals surface area contributed by atoms with Crippen molar-refractivity contribution in [3.63, 3.8) is 0 Å². The molecule has 23 heavy (non-hydrogen) atoms. The van der Waals surface area contributed by atoms with Crippen molar-refractivity contribution in [1.82, 2.24) is 4.90 Å². The lowest BCUT2D eigenvalue weighted by atomic mass is 9.79. The van der Waals surface area contributed by atoms with Crippen LogP contribution in [0.3, 0.4) is 0 Å². The monoisotopic (exact) mass is 312 g/mol. The molecule has 4 rings (SSSR count). The Morgan fingerprint density at radius 2 is 1.91 bits per heavy atom. The summed E-state index contributed by atoms with van der Waals surface area (Å²) < 4.78 is 34.0. The second kappa shape index (κ2) is 5.74. The SMILES string of the molecule is [2H]C([2H])([2H])C1N2C=CC([2H])(C3CCCCC3)C2=C(C)N1c1ccccc1C. The van der Waals surface area contributed by atoms with Crippen LogP contribution in [0.15, 0.2) is 47.9 Å². The van der Waals surface area contributed by atoms with Crippen LogP contribution in [0.25, 0.3) is 0 Å². The highest BCUT2D eigenvalue weighted by molar-refractivity contribution is 5.61. The Balaban J connectivity index is 1.83. The van der Waals surface area contributed by atoms with Crippen molar-refractivity contribution in [2.24, 2.45) is 11.8 Å². The van der Waals surface area contributed by atoms with E-state index in [-0.39, 0.29) is 5.92 Å². The number of fused-ring (bicyclic) bond motifs is 1. The molecule has 0 N–H and O–H groups in total.